The van der Waals surface area contributed by atoms with Gasteiger partial charge in [0.05, 0.1) is 25.9 Å². The van der Waals surface area contributed by atoms with Gasteiger partial charge in [0, 0.05) is 11.5 Å². The van der Waals surface area contributed by atoms with Gasteiger partial charge >= 0.3 is 0 Å². The molecule has 90 valence electrons. The van der Waals surface area contributed by atoms with E-state index in [9.17, 15) is 0 Å². The molecule has 0 spiro atoms. The van der Waals surface area contributed by atoms with Crippen LogP contribution in [0.4, 0.5) is 0 Å². The van der Waals surface area contributed by atoms with Crippen LogP contribution in [0.3, 0.4) is 0 Å². The molecule has 0 heterocycles. The monoisotopic (exact) mass is 242 g/mol. The van der Waals surface area contributed by atoms with E-state index in [1.54, 1.807) is 11.8 Å². The van der Waals surface area contributed by atoms with Gasteiger partial charge in [0.2, 0.25) is 0 Å². The minimum atomic E-state index is -0.612. The van der Waals surface area contributed by atoms with Gasteiger partial charge in [-0.15, -0.1) is 0 Å². The van der Waals surface area contributed by atoms with Crippen LogP contribution in [0.25, 0.3) is 0 Å². The van der Waals surface area contributed by atoms with Crippen LogP contribution in [0.2, 0.25) is 0 Å². The smallest absolute Gasteiger partial charge is 0.0861 e. The highest BCUT2D eigenvalue weighted by Gasteiger charge is 2.00. The highest BCUT2D eigenvalue weighted by Crippen LogP contribution is 2.04. The molecular weight excluding hydrogens is 224 g/mol. The second-order valence-corrected chi connectivity index (χ2v) is 4.60. The molecule has 1 unspecified atom stereocenters. The van der Waals surface area contributed by atoms with Crippen LogP contribution in [-0.4, -0.2) is 41.0 Å². The van der Waals surface area contributed by atoms with Gasteiger partial charge < -0.3 is 14.9 Å². The molecular formula is C12H18O3S. The molecule has 2 N–H and O–H groups in total. The zero-order valence-electron chi connectivity index (χ0n) is 9.21. The molecule has 1 aromatic rings. The molecule has 0 saturated carbocycles. The average molecular weight is 242 g/mol. The minimum absolute atomic E-state index is 0.169. The van der Waals surface area contributed by atoms with Crippen molar-refractivity contribution in [2.75, 3.05) is 24.7 Å². The van der Waals surface area contributed by atoms with Crippen LogP contribution < -0.4 is 0 Å². The van der Waals surface area contributed by atoms with Crippen molar-refractivity contribution in [3.63, 3.8) is 0 Å². The van der Waals surface area contributed by atoms with Crippen LogP contribution in [0.15, 0.2) is 30.3 Å². The number of benzene rings is 1. The van der Waals surface area contributed by atoms with E-state index >= 15 is 0 Å². The fourth-order valence-corrected chi connectivity index (χ4v) is 1.93. The first-order valence-corrected chi connectivity index (χ1v) is 6.46. The number of aliphatic hydroxyl groups excluding tert-OH is 2. The Hall–Kier alpha value is -0.550. The van der Waals surface area contributed by atoms with E-state index in [0.29, 0.717) is 19.0 Å². The van der Waals surface area contributed by atoms with Crippen LogP contribution in [0.1, 0.15) is 5.56 Å². The lowest BCUT2D eigenvalue weighted by Crippen LogP contribution is -2.15. The molecule has 0 aliphatic rings. The molecule has 16 heavy (non-hydrogen) atoms. The first-order valence-electron chi connectivity index (χ1n) is 5.31. The Morgan fingerprint density at radius 2 is 2.00 bits per heavy atom. The molecule has 0 fully saturated rings. The normalized spacial score (nSPS) is 12.6. The third-order valence-electron chi connectivity index (χ3n) is 2.00. The molecule has 0 aromatic heterocycles. The summed E-state index contributed by atoms with van der Waals surface area (Å²) in [6.07, 6.45) is -0.612. The molecule has 0 bridgehead atoms. The van der Waals surface area contributed by atoms with E-state index in [1.165, 1.54) is 5.56 Å². The quantitative estimate of drug-likeness (QED) is 0.674. The van der Waals surface area contributed by atoms with Crippen LogP contribution in [0, 0.1) is 0 Å². The summed E-state index contributed by atoms with van der Waals surface area (Å²) in [5.41, 5.74) is 1.17. The zero-order chi connectivity index (χ0) is 11.6. The van der Waals surface area contributed by atoms with E-state index < -0.39 is 6.10 Å². The number of hydrogen-bond donors (Lipinski definition) is 2. The molecule has 0 amide bonds. The first-order chi connectivity index (χ1) is 7.83. The molecule has 0 aliphatic carbocycles. The maximum Gasteiger partial charge on any atom is 0.0861 e. The second kappa shape index (κ2) is 8.58. The third kappa shape index (κ3) is 6.12. The van der Waals surface area contributed by atoms with Gasteiger partial charge in [-0.1, -0.05) is 30.3 Å². The number of rotatable bonds is 8. The SMILES string of the molecule is OCC(O)CSCCOCc1ccccc1. The lowest BCUT2D eigenvalue weighted by atomic mass is 10.2. The van der Waals surface area contributed by atoms with Crippen molar-refractivity contribution in [3.8, 4) is 0 Å². The number of ether oxygens (including phenoxy) is 1. The van der Waals surface area contributed by atoms with Crippen molar-refractivity contribution in [1.82, 2.24) is 0 Å². The molecule has 0 radical (unpaired) electrons. The summed E-state index contributed by atoms with van der Waals surface area (Å²) in [6.45, 7) is 1.12. The summed E-state index contributed by atoms with van der Waals surface area (Å²) >= 11 is 1.59. The van der Waals surface area contributed by atoms with E-state index in [2.05, 4.69) is 0 Å². The largest absolute Gasteiger partial charge is 0.394 e. The van der Waals surface area contributed by atoms with Gasteiger partial charge in [0.15, 0.2) is 0 Å². The van der Waals surface area contributed by atoms with Crippen molar-refractivity contribution in [2.45, 2.75) is 12.7 Å². The topological polar surface area (TPSA) is 49.7 Å². The van der Waals surface area contributed by atoms with E-state index in [1.807, 2.05) is 30.3 Å². The maximum absolute atomic E-state index is 9.08. The van der Waals surface area contributed by atoms with Gasteiger partial charge in [-0.05, 0) is 5.56 Å². The van der Waals surface area contributed by atoms with Crippen molar-refractivity contribution in [1.29, 1.82) is 0 Å². The number of aliphatic hydroxyl groups is 2. The molecule has 1 rings (SSSR count). The Morgan fingerprint density at radius 3 is 2.69 bits per heavy atom. The molecule has 1 atom stereocenters. The summed E-state index contributed by atoms with van der Waals surface area (Å²) in [4.78, 5) is 0. The van der Waals surface area contributed by atoms with Crippen LogP contribution in [-0.2, 0) is 11.3 Å². The Kier molecular flexibility index (Phi) is 7.25. The average Bonchev–Trinajstić information content (AvgIpc) is 2.34. The predicted molar refractivity (Wildman–Crippen MR) is 66.5 cm³/mol. The Balaban J connectivity index is 1.96. The Morgan fingerprint density at radius 1 is 1.25 bits per heavy atom. The van der Waals surface area contributed by atoms with Gasteiger partial charge in [-0.25, -0.2) is 0 Å². The molecule has 3 nitrogen and oxygen atoms in total. The van der Waals surface area contributed by atoms with Crippen LogP contribution >= 0.6 is 11.8 Å². The van der Waals surface area contributed by atoms with E-state index in [-0.39, 0.29) is 6.61 Å². The first kappa shape index (κ1) is 13.5. The van der Waals surface area contributed by atoms with E-state index in [4.69, 9.17) is 14.9 Å². The Bertz CT molecular complexity index is 266. The van der Waals surface area contributed by atoms with Gasteiger partial charge in [0.1, 0.15) is 0 Å². The van der Waals surface area contributed by atoms with Crippen molar-refractivity contribution < 1.29 is 14.9 Å². The number of hydrogen-bond acceptors (Lipinski definition) is 4. The summed E-state index contributed by atoms with van der Waals surface area (Å²) in [6, 6.07) is 10.0. The van der Waals surface area contributed by atoms with Crippen molar-refractivity contribution >= 4 is 11.8 Å². The minimum Gasteiger partial charge on any atom is -0.394 e. The van der Waals surface area contributed by atoms with Gasteiger partial charge in [-0.2, -0.15) is 11.8 Å². The van der Waals surface area contributed by atoms with Crippen molar-refractivity contribution in [3.05, 3.63) is 35.9 Å². The summed E-state index contributed by atoms with van der Waals surface area (Å²) in [5, 5.41) is 17.7. The second-order valence-electron chi connectivity index (χ2n) is 3.45. The van der Waals surface area contributed by atoms with Gasteiger partial charge in [0.25, 0.3) is 0 Å². The zero-order valence-corrected chi connectivity index (χ0v) is 10.0. The lowest BCUT2D eigenvalue weighted by molar-refractivity contribution is 0.113. The standard InChI is InChI=1S/C12H18O3S/c13-8-12(14)10-16-7-6-15-9-11-4-2-1-3-5-11/h1-5,12-14H,6-10H2. The molecule has 1 aromatic carbocycles. The van der Waals surface area contributed by atoms with Gasteiger partial charge in [-0.3, -0.25) is 0 Å². The third-order valence-corrected chi connectivity index (χ3v) is 3.08. The summed E-state index contributed by atoms with van der Waals surface area (Å²) in [7, 11) is 0. The molecule has 0 aliphatic heterocycles. The number of thioether (sulfide) groups is 1. The summed E-state index contributed by atoms with van der Waals surface area (Å²) in [5.74, 6) is 1.40. The molecule has 4 heteroatoms. The fraction of sp³-hybridized carbons (Fsp3) is 0.500. The molecule has 0 saturated heterocycles. The highest BCUT2D eigenvalue weighted by atomic mass is 32.2. The van der Waals surface area contributed by atoms with E-state index in [0.717, 1.165) is 5.75 Å². The predicted octanol–water partition coefficient (Wildman–Crippen LogP) is 1.29. The van der Waals surface area contributed by atoms with Crippen LogP contribution in [0.5, 0.6) is 0 Å². The Labute approximate surface area is 100 Å². The summed E-state index contributed by atoms with van der Waals surface area (Å²) < 4.78 is 5.47. The maximum atomic E-state index is 9.08. The lowest BCUT2D eigenvalue weighted by Gasteiger charge is -2.07. The van der Waals surface area contributed by atoms with Crippen molar-refractivity contribution in [2.24, 2.45) is 0 Å². The fourth-order valence-electron chi connectivity index (χ4n) is 1.15. The highest BCUT2D eigenvalue weighted by molar-refractivity contribution is 7.99.